The largest absolute Gasteiger partial charge is 0.489 e. The van der Waals surface area contributed by atoms with Crippen molar-refractivity contribution in [3.63, 3.8) is 0 Å². The standard InChI is InChI=1S/C27H18Cl2F2N6O2S.C7H12FN/c1-11(12-4-3-7-34-24(12)29)37-8-9-39-22-18-21(35-27(38-2)36-26(18)37)20(31)17(19(22)28)13-5-6-15(30)23-16(13)14(10-32)25(33)40-23;8-6-4-7-2-1-3-9(7)5-6/h3-7,11H,8-9,33H2,1-2H3;6-7H,1-5H2/t11-;/m1./s1. The van der Waals surface area contributed by atoms with E-state index in [-0.39, 0.29) is 72.1 Å². The number of rotatable bonds is 4. The number of nitrogen functional groups attached to an aromatic ring is 1. The highest BCUT2D eigenvalue weighted by Gasteiger charge is 2.35. The summed E-state index contributed by atoms with van der Waals surface area (Å²) in [6, 6.07) is 8.35. The Bertz CT molecular complexity index is 2130. The molecule has 9 nitrogen and oxygen atoms in total. The number of hydrogen-bond acceptors (Lipinski definition) is 10. The summed E-state index contributed by atoms with van der Waals surface area (Å²) in [7, 11) is 1.37. The Morgan fingerprint density at radius 2 is 2.00 bits per heavy atom. The second kappa shape index (κ2) is 13.3. The average Bonchev–Trinajstić information content (AvgIpc) is 3.73. The van der Waals surface area contributed by atoms with Gasteiger partial charge < -0.3 is 20.1 Å². The maximum absolute atomic E-state index is 16.6. The normalized spacial score (nSPS) is 19.2. The number of thiophene rings is 1. The van der Waals surface area contributed by atoms with Crippen LogP contribution in [0.3, 0.4) is 0 Å². The smallest absolute Gasteiger partial charge is 0.318 e. The summed E-state index contributed by atoms with van der Waals surface area (Å²) < 4.78 is 55.6. The monoisotopic (exact) mass is 727 g/mol. The van der Waals surface area contributed by atoms with Crippen LogP contribution < -0.4 is 20.1 Å². The van der Waals surface area contributed by atoms with Gasteiger partial charge in [-0.25, -0.2) is 18.2 Å². The van der Waals surface area contributed by atoms with E-state index in [4.69, 9.17) is 38.4 Å². The van der Waals surface area contributed by atoms with Gasteiger partial charge in [-0.05, 0) is 50.4 Å². The first-order chi connectivity index (χ1) is 23.6. The van der Waals surface area contributed by atoms with Crippen LogP contribution in [-0.2, 0) is 0 Å². The van der Waals surface area contributed by atoms with Crippen molar-refractivity contribution >= 4 is 66.3 Å². The average molecular weight is 729 g/mol. The number of methoxy groups -OCH3 is 1. The van der Waals surface area contributed by atoms with Crippen molar-refractivity contribution < 1.29 is 22.6 Å². The van der Waals surface area contributed by atoms with Gasteiger partial charge in [0.2, 0.25) is 0 Å². The van der Waals surface area contributed by atoms with E-state index in [0.29, 0.717) is 30.1 Å². The molecule has 5 aromatic rings. The lowest BCUT2D eigenvalue weighted by Crippen LogP contribution is -2.31. The third kappa shape index (κ3) is 5.74. The lowest BCUT2D eigenvalue weighted by Gasteiger charge is -2.30. The molecule has 2 aromatic carbocycles. The van der Waals surface area contributed by atoms with Crippen molar-refractivity contribution in [2.45, 2.75) is 44.4 Å². The molecule has 2 N–H and O–H groups in total. The summed E-state index contributed by atoms with van der Waals surface area (Å²) in [5.74, 6) is -0.925. The number of benzene rings is 2. The van der Waals surface area contributed by atoms with Gasteiger partial charge in [0.25, 0.3) is 0 Å². The van der Waals surface area contributed by atoms with Gasteiger partial charge in [0.05, 0.1) is 40.4 Å². The summed E-state index contributed by atoms with van der Waals surface area (Å²) in [5, 5.41) is 10.5. The fourth-order valence-electron chi connectivity index (χ4n) is 7.05. The molecule has 3 aromatic heterocycles. The fraction of sp³-hybridized carbons (Fsp3) is 0.353. The molecule has 2 fully saturated rings. The molecule has 2 saturated heterocycles. The summed E-state index contributed by atoms with van der Waals surface area (Å²) in [5.41, 5.74) is 6.74. The van der Waals surface area contributed by atoms with Gasteiger partial charge in [-0.15, -0.1) is 11.3 Å². The predicted octanol–water partition coefficient (Wildman–Crippen LogP) is 8.11. The van der Waals surface area contributed by atoms with Gasteiger partial charge in [0, 0.05) is 35.3 Å². The number of alkyl halides is 1. The highest BCUT2D eigenvalue weighted by atomic mass is 35.5. The van der Waals surface area contributed by atoms with E-state index < -0.39 is 17.8 Å². The van der Waals surface area contributed by atoms with E-state index in [9.17, 15) is 14.0 Å². The molecule has 3 aliphatic heterocycles. The Labute approximate surface area is 294 Å². The molecule has 8 rings (SSSR count). The van der Waals surface area contributed by atoms with Crippen LogP contribution in [0.15, 0.2) is 30.5 Å². The Kier molecular flexibility index (Phi) is 9.08. The molecule has 2 unspecified atom stereocenters. The zero-order valence-corrected chi connectivity index (χ0v) is 28.8. The van der Waals surface area contributed by atoms with Crippen molar-refractivity contribution in [2.24, 2.45) is 0 Å². The second-order valence-electron chi connectivity index (χ2n) is 12.1. The fourth-order valence-corrected chi connectivity index (χ4v) is 8.61. The minimum Gasteiger partial charge on any atom is -0.489 e. The molecule has 0 amide bonds. The zero-order chi connectivity index (χ0) is 34.6. The maximum atomic E-state index is 16.6. The molecule has 0 saturated carbocycles. The molecular weight excluding hydrogens is 698 g/mol. The summed E-state index contributed by atoms with van der Waals surface area (Å²) in [6.45, 7) is 4.27. The van der Waals surface area contributed by atoms with E-state index in [2.05, 4.69) is 19.9 Å². The number of anilines is 2. The Hall–Kier alpha value is -4.09. The topological polar surface area (TPSA) is 113 Å². The number of nitrogens with two attached hydrogens (primary N) is 1. The van der Waals surface area contributed by atoms with Gasteiger partial charge in [0.15, 0.2) is 11.6 Å². The minimum absolute atomic E-state index is 0.0335. The minimum atomic E-state index is -0.815. The van der Waals surface area contributed by atoms with Crippen molar-refractivity contribution in [1.29, 1.82) is 5.26 Å². The second-order valence-corrected chi connectivity index (χ2v) is 13.9. The summed E-state index contributed by atoms with van der Waals surface area (Å²) in [4.78, 5) is 17.2. The third-order valence-corrected chi connectivity index (χ3v) is 11.0. The Morgan fingerprint density at radius 3 is 2.73 bits per heavy atom. The molecule has 6 heterocycles. The van der Waals surface area contributed by atoms with Crippen LogP contribution in [0.4, 0.5) is 24.0 Å². The molecule has 0 bridgehead atoms. The lowest BCUT2D eigenvalue weighted by atomic mass is 9.96. The maximum Gasteiger partial charge on any atom is 0.318 e. The van der Waals surface area contributed by atoms with Gasteiger partial charge in [0.1, 0.15) is 46.2 Å². The van der Waals surface area contributed by atoms with Gasteiger partial charge in [-0.3, -0.25) is 4.90 Å². The highest BCUT2D eigenvalue weighted by molar-refractivity contribution is 7.23. The zero-order valence-electron chi connectivity index (χ0n) is 26.4. The quantitative estimate of drug-likeness (QED) is 0.184. The van der Waals surface area contributed by atoms with Crippen LogP contribution in [0.1, 0.15) is 43.4 Å². The van der Waals surface area contributed by atoms with Crippen LogP contribution in [0.25, 0.3) is 32.1 Å². The molecular formula is C34H30Cl2F3N7O2S. The highest BCUT2D eigenvalue weighted by Crippen LogP contribution is 2.51. The van der Waals surface area contributed by atoms with Crippen molar-refractivity contribution in [2.75, 3.05) is 44.0 Å². The molecule has 49 heavy (non-hydrogen) atoms. The van der Waals surface area contributed by atoms with E-state index in [0.717, 1.165) is 29.9 Å². The lowest BCUT2D eigenvalue weighted by molar-refractivity contribution is 0.292. The van der Waals surface area contributed by atoms with Gasteiger partial charge in [-0.2, -0.15) is 15.2 Å². The number of nitriles is 1. The van der Waals surface area contributed by atoms with Crippen LogP contribution in [-0.4, -0.2) is 65.4 Å². The number of fused-ring (bicyclic) bond motifs is 2. The first kappa shape index (κ1) is 33.4. The third-order valence-electron chi connectivity index (χ3n) is 9.34. The Morgan fingerprint density at radius 1 is 1.18 bits per heavy atom. The van der Waals surface area contributed by atoms with Gasteiger partial charge >= 0.3 is 6.01 Å². The first-order valence-corrected chi connectivity index (χ1v) is 17.3. The van der Waals surface area contributed by atoms with E-state index in [1.165, 1.54) is 32.1 Å². The van der Waals surface area contributed by atoms with Crippen LogP contribution in [0.5, 0.6) is 11.8 Å². The Balaban J connectivity index is 0.000000361. The van der Waals surface area contributed by atoms with Crippen molar-refractivity contribution in [1.82, 2.24) is 19.9 Å². The van der Waals surface area contributed by atoms with Crippen LogP contribution in [0.2, 0.25) is 10.2 Å². The molecule has 3 aliphatic rings. The molecule has 0 spiro atoms. The SMILES string of the molecule is COc1nc2c3c(c(Cl)c(-c4ccc(F)c5sc(N)c(C#N)c45)c(F)c3n1)OCCN2[C@H](C)c1cccnc1Cl.FC1CC2CCCN2C1. The molecule has 15 heteroatoms. The number of ether oxygens (including phenoxy) is 2. The number of aromatic nitrogens is 3. The molecule has 0 aliphatic carbocycles. The molecule has 254 valence electrons. The number of halogens is 5. The first-order valence-electron chi connectivity index (χ1n) is 15.7. The van der Waals surface area contributed by atoms with E-state index >= 15 is 4.39 Å². The number of hydrogen-bond donors (Lipinski definition) is 1. The summed E-state index contributed by atoms with van der Waals surface area (Å²) >= 11 is 14.2. The van der Waals surface area contributed by atoms with Crippen LogP contribution in [0, 0.1) is 23.0 Å². The molecule has 3 atom stereocenters. The number of nitrogens with zero attached hydrogens (tertiary/aromatic N) is 6. The van der Waals surface area contributed by atoms with Crippen molar-refractivity contribution in [3.05, 3.63) is 63.4 Å². The molecule has 0 radical (unpaired) electrons. The number of pyridine rings is 1. The van der Waals surface area contributed by atoms with Crippen molar-refractivity contribution in [3.8, 4) is 29.0 Å². The van der Waals surface area contributed by atoms with Crippen LogP contribution >= 0.6 is 34.5 Å². The van der Waals surface area contributed by atoms with E-state index in [1.807, 2.05) is 24.0 Å². The predicted molar refractivity (Wildman–Crippen MR) is 186 cm³/mol. The van der Waals surface area contributed by atoms with Gasteiger partial charge in [-0.1, -0.05) is 35.3 Å². The summed E-state index contributed by atoms with van der Waals surface area (Å²) in [6.07, 6.45) is 4.40. The van der Waals surface area contributed by atoms with E-state index in [1.54, 1.807) is 12.3 Å².